The molecule has 0 aromatic carbocycles. The van der Waals surface area contributed by atoms with Crippen molar-refractivity contribution in [2.45, 2.75) is 259 Å². The van der Waals surface area contributed by atoms with E-state index < -0.39 is 36.0 Å². The van der Waals surface area contributed by atoms with Crippen LogP contribution in [0.2, 0.25) is 0 Å². The number of rotatable bonds is 37. The predicted octanol–water partition coefficient (Wildman–Crippen LogP) is 6.79. The molecule has 0 heterocycles. The lowest BCUT2D eigenvalue weighted by molar-refractivity contribution is -0.141. The van der Waals surface area contributed by atoms with Gasteiger partial charge in [0.2, 0.25) is 41.4 Å². The molecular formula is C67H132N10O15S. The zero-order chi connectivity index (χ0) is 73.3. The third kappa shape index (κ3) is 74.1. The van der Waals surface area contributed by atoms with Gasteiger partial charge in [-0.15, -0.1) is 0 Å². The van der Waals surface area contributed by atoms with E-state index in [1.54, 1.807) is 0 Å². The predicted molar refractivity (Wildman–Crippen MR) is 372 cm³/mol. The molecule has 0 saturated heterocycles. The average molecular weight is 1350 g/mol. The number of amides is 7. The van der Waals surface area contributed by atoms with Gasteiger partial charge in [0.25, 0.3) is 0 Å². The van der Waals surface area contributed by atoms with Gasteiger partial charge in [-0.2, -0.15) is 11.8 Å². The molecule has 546 valence electrons. The van der Waals surface area contributed by atoms with Crippen molar-refractivity contribution in [1.29, 1.82) is 0 Å². The molecule has 25 nitrogen and oxygen atoms in total. The maximum absolute atomic E-state index is 12.2. The minimum absolute atomic E-state index is 0.00823. The maximum atomic E-state index is 12.2. The van der Waals surface area contributed by atoms with Gasteiger partial charge in [0.1, 0.15) is 18.1 Å². The molecule has 0 radical (unpaired) electrons. The molecule has 93 heavy (non-hydrogen) atoms. The van der Waals surface area contributed by atoms with Crippen LogP contribution in [0.25, 0.3) is 0 Å². The van der Waals surface area contributed by atoms with E-state index in [1.165, 1.54) is 11.8 Å². The third-order valence-electron chi connectivity index (χ3n) is 11.6. The van der Waals surface area contributed by atoms with E-state index in [0.717, 1.165) is 18.7 Å². The van der Waals surface area contributed by atoms with Gasteiger partial charge in [-0.05, 0) is 108 Å². The number of hydrogen-bond acceptors (Lipinski definition) is 16. The van der Waals surface area contributed by atoms with Gasteiger partial charge >= 0.3 is 17.9 Å². The van der Waals surface area contributed by atoms with Crippen molar-refractivity contribution in [1.82, 2.24) is 53.2 Å². The summed E-state index contributed by atoms with van der Waals surface area (Å²) in [5.74, 6) is -3.01. The normalized spacial score (nSPS) is 13.1. The first-order valence-electron chi connectivity index (χ1n) is 32.6. The van der Waals surface area contributed by atoms with Gasteiger partial charge in [-0.3, -0.25) is 48.5 Å². The molecule has 0 bridgehead atoms. The van der Waals surface area contributed by atoms with Crippen LogP contribution in [-0.4, -0.2) is 193 Å². The van der Waals surface area contributed by atoms with Gasteiger partial charge < -0.3 is 72.6 Å². The summed E-state index contributed by atoms with van der Waals surface area (Å²) in [5.41, 5.74) is -0.268. The highest BCUT2D eigenvalue weighted by molar-refractivity contribution is 7.99. The average Bonchev–Trinajstić information content (AvgIpc) is 2.20. The van der Waals surface area contributed by atoms with E-state index in [0.29, 0.717) is 71.0 Å². The van der Waals surface area contributed by atoms with Gasteiger partial charge in [0.05, 0.1) is 26.4 Å². The van der Waals surface area contributed by atoms with Crippen molar-refractivity contribution < 1.29 is 72.7 Å². The lowest BCUT2D eigenvalue weighted by atomic mass is 9.90. The maximum Gasteiger partial charge on any atom is 0.327 e. The Morgan fingerprint density at radius 2 is 0.774 bits per heavy atom. The van der Waals surface area contributed by atoms with Crippen LogP contribution in [0.5, 0.6) is 0 Å². The molecule has 0 spiro atoms. The molecule has 0 aliphatic rings. The molecule has 0 aromatic rings. The number of nitrogens with one attached hydrogen (secondary N) is 10. The molecule has 3 atom stereocenters. The summed E-state index contributed by atoms with van der Waals surface area (Å²) in [7, 11) is 0. The van der Waals surface area contributed by atoms with Crippen molar-refractivity contribution >= 4 is 71.0 Å². The molecule has 13 N–H and O–H groups in total. The Bertz CT molecular complexity index is 2200. The van der Waals surface area contributed by atoms with Gasteiger partial charge in [0, 0.05) is 113 Å². The number of carbonyl (C=O) groups is 10. The van der Waals surface area contributed by atoms with Gasteiger partial charge in [-0.1, -0.05) is 104 Å². The highest BCUT2D eigenvalue weighted by atomic mass is 32.2. The Kier molecular flexibility index (Phi) is 47.5. The van der Waals surface area contributed by atoms with E-state index in [9.17, 15) is 53.1 Å². The number of carbonyl (C=O) groups excluding carboxylic acids is 7. The van der Waals surface area contributed by atoms with E-state index in [2.05, 4.69) is 115 Å². The largest absolute Gasteiger partial charge is 0.481 e. The highest BCUT2D eigenvalue weighted by Crippen LogP contribution is 2.23. The molecule has 0 aromatic heterocycles. The van der Waals surface area contributed by atoms with E-state index in [-0.39, 0.29) is 137 Å². The van der Waals surface area contributed by atoms with Crippen LogP contribution >= 0.6 is 11.8 Å². The summed E-state index contributed by atoms with van der Waals surface area (Å²) in [6.07, 6.45) is 2.85. The Morgan fingerprint density at radius 3 is 1.16 bits per heavy atom. The van der Waals surface area contributed by atoms with E-state index in [4.69, 9.17) is 19.7 Å². The monoisotopic (exact) mass is 1350 g/mol. The van der Waals surface area contributed by atoms with Crippen LogP contribution < -0.4 is 53.2 Å². The number of ether oxygens (including phenoxy) is 2. The zero-order valence-corrected chi connectivity index (χ0v) is 62.8. The Morgan fingerprint density at radius 1 is 0.376 bits per heavy atom. The molecule has 0 aliphatic carbocycles. The quantitative estimate of drug-likeness (QED) is 0.0285. The summed E-state index contributed by atoms with van der Waals surface area (Å²) in [5, 5.41) is 55.7. The second-order valence-electron chi connectivity index (χ2n) is 32.4. The van der Waals surface area contributed by atoms with Gasteiger partial charge in [0.15, 0.2) is 0 Å². The number of carboxylic acid groups (broad SMARTS) is 3. The van der Waals surface area contributed by atoms with E-state index >= 15 is 0 Å². The molecule has 0 fully saturated rings. The van der Waals surface area contributed by atoms with E-state index in [1.807, 2.05) is 104 Å². The number of aliphatic carboxylic acids is 3. The van der Waals surface area contributed by atoms with Gasteiger partial charge in [-0.25, -0.2) is 4.79 Å². The fraction of sp³-hybridized carbons (Fsp3) is 0.851. The fourth-order valence-corrected chi connectivity index (χ4v) is 8.52. The highest BCUT2D eigenvalue weighted by Gasteiger charge is 2.27. The van der Waals surface area contributed by atoms with Crippen LogP contribution in [0.1, 0.15) is 224 Å². The third-order valence-corrected chi connectivity index (χ3v) is 13.2. The summed E-state index contributed by atoms with van der Waals surface area (Å²) < 4.78 is 10.6. The van der Waals surface area contributed by atoms with Crippen molar-refractivity contribution in [3.05, 3.63) is 0 Å². The Hall–Kier alpha value is -5.15. The number of hydrogen-bond donors (Lipinski definition) is 13. The van der Waals surface area contributed by atoms with Crippen LogP contribution in [0, 0.1) is 27.1 Å². The topological polar surface area (TPSA) is 370 Å². The minimum Gasteiger partial charge on any atom is -0.481 e. The second kappa shape index (κ2) is 46.9. The SMILES string of the molecule is CC(C)(C)CC(=O)NCCOCCC(=O)NCC(NC(C)(C)C)C(=O)O.CC(C)(C)CC(=O)N[C@H](CCC(=O)O)C(=O)NCCNC(C)(C)C.CC(C)(C)CCC(=O)NCCNC(C)(C)C.CC(C)(C)CSC[C@H](NC(=O)CCOCCNC(=O)CC(C)(C)C)C(=O)O. The number of thioether (sulfide) groups is 1. The van der Waals surface area contributed by atoms with Crippen molar-refractivity contribution in [2.75, 3.05) is 83.7 Å². The summed E-state index contributed by atoms with van der Waals surface area (Å²) in [6.45, 7) is 52.8. The molecule has 26 heteroatoms. The molecule has 7 amide bonds. The first-order valence-corrected chi connectivity index (χ1v) is 33.8. The van der Waals surface area contributed by atoms with Crippen molar-refractivity contribution in [3.8, 4) is 0 Å². The first-order chi connectivity index (χ1) is 42.0. The molecule has 0 rings (SSSR count). The molecule has 0 saturated carbocycles. The minimum atomic E-state index is -1.03. The first kappa shape index (κ1) is 94.2. The van der Waals surface area contributed by atoms with Crippen LogP contribution in [0.4, 0.5) is 0 Å². The summed E-state index contributed by atoms with van der Waals surface area (Å²) in [4.78, 5) is 116. The fourth-order valence-electron chi connectivity index (χ4n) is 7.33. The zero-order valence-electron chi connectivity index (χ0n) is 61.9. The Balaban J connectivity index is -0.000000576. The van der Waals surface area contributed by atoms with Crippen LogP contribution in [0.3, 0.4) is 0 Å². The Labute approximate surface area is 564 Å². The molecular weight excluding hydrogens is 1220 g/mol. The summed E-state index contributed by atoms with van der Waals surface area (Å²) in [6, 6.07) is -2.58. The lowest BCUT2D eigenvalue weighted by Crippen LogP contribution is -2.53. The van der Waals surface area contributed by atoms with Crippen molar-refractivity contribution in [3.63, 3.8) is 0 Å². The van der Waals surface area contributed by atoms with Crippen molar-refractivity contribution in [2.24, 2.45) is 27.1 Å². The lowest BCUT2D eigenvalue weighted by Gasteiger charge is -2.26. The summed E-state index contributed by atoms with van der Waals surface area (Å²) >= 11 is 1.51. The molecule has 0 aliphatic heterocycles. The standard InChI is InChI=1S/C19H36N2O5S.C18H35N3O5.C17H33N3O4.C13H28N2O/c1-18(2,3)11-16(23)20-8-10-26-9-7-15(22)21-14(17(24)25)12-27-13-19(4,5)6;1-17(2,3)11-15(23)19-8-10-26-9-7-14(22)20-12-13(16(24)25)21-18(4,5)6;1-16(2,3)11-13(21)20-12(7-8-14(22)23)15(24)18-9-10-19-17(4,5)6;1-12(2,3)8-7-11(16)14-9-10-15-13(4,5)6/h14H,7-13H2,1-6H3,(H,20,23)(H,21,22)(H,24,25);13,21H,7-12H2,1-6H3,(H,19,23)(H,20,22)(H,24,25);12,19H,7-11H2,1-6H3,(H,18,24)(H,20,21)(H,22,23);15H,7-10H2,1-6H3,(H,14,16)/t14-;;12-;/m0.1./s1. The second-order valence-corrected chi connectivity index (χ2v) is 33.4. The van der Waals surface area contributed by atoms with Crippen LogP contribution in [-0.2, 0) is 57.4 Å². The van der Waals surface area contributed by atoms with Crippen LogP contribution in [0.15, 0.2) is 0 Å². The number of carboxylic acids is 3. The smallest absolute Gasteiger partial charge is 0.327 e. The molecule has 1 unspecified atom stereocenters.